The fraction of sp³-hybridized carbons (Fsp3) is 0.500. The van der Waals surface area contributed by atoms with E-state index in [-0.39, 0.29) is 6.10 Å². The van der Waals surface area contributed by atoms with E-state index in [9.17, 15) is 5.11 Å². The molecule has 1 rings (SSSR count). The molecule has 0 saturated carbocycles. The molecule has 1 saturated heterocycles. The number of hydrogen-bond acceptors (Lipinski definition) is 2. The monoisotopic (exact) mass is 193 g/mol. The molecule has 0 unspecified atom stereocenters. The minimum absolute atomic E-state index is 0.0955. The summed E-state index contributed by atoms with van der Waals surface area (Å²) in [6.45, 7) is 10.3. The van der Waals surface area contributed by atoms with Crippen LogP contribution in [0, 0.1) is 0 Å². The van der Waals surface area contributed by atoms with Gasteiger partial charge in [-0.1, -0.05) is 31.4 Å². The molecule has 0 aromatic heterocycles. The second-order valence-electron chi connectivity index (χ2n) is 3.69. The number of hydrogen-bond donors (Lipinski definition) is 1. The van der Waals surface area contributed by atoms with Gasteiger partial charge in [-0.2, -0.15) is 0 Å². The molecule has 0 spiro atoms. The maximum Gasteiger partial charge on any atom is 0.0564 e. The number of allylic oxidation sites excluding steroid dienone is 2. The first-order valence-electron chi connectivity index (χ1n) is 5.10. The lowest BCUT2D eigenvalue weighted by Crippen LogP contribution is -2.36. The Morgan fingerprint density at radius 3 is 2.50 bits per heavy atom. The number of likely N-dealkylation sites (tertiary alicyclic amines) is 1. The van der Waals surface area contributed by atoms with Gasteiger partial charge >= 0.3 is 0 Å². The molecule has 78 valence electrons. The van der Waals surface area contributed by atoms with Crippen molar-refractivity contribution in [3.8, 4) is 0 Å². The number of piperidine rings is 1. The van der Waals surface area contributed by atoms with Gasteiger partial charge in [0.05, 0.1) is 6.10 Å². The van der Waals surface area contributed by atoms with Crippen LogP contribution in [0.4, 0.5) is 0 Å². The summed E-state index contributed by atoms with van der Waals surface area (Å²) in [5, 5.41) is 9.34. The lowest BCUT2D eigenvalue weighted by Gasteiger charge is -2.29. The zero-order valence-electron chi connectivity index (χ0n) is 8.65. The Hall–Kier alpha value is -0.860. The normalized spacial score (nSPS) is 20.8. The molecule has 0 aromatic rings. The average Bonchev–Trinajstić information content (AvgIpc) is 2.20. The van der Waals surface area contributed by atoms with Gasteiger partial charge < -0.3 is 5.11 Å². The molecular formula is C12H19NO. The molecule has 1 aliphatic rings. The highest BCUT2D eigenvalue weighted by atomic mass is 16.3. The van der Waals surface area contributed by atoms with Gasteiger partial charge in [0.1, 0.15) is 0 Å². The predicted octanol–water partition coefficient (Wildman–Crippen LogP) is 1.74. The van der Waals surface area contributed by atoms with Gasteiger partial charge in [0.15, 0.2) is 0 Å². The summed E-state index contributed by atoms with van der Waals surface area (Å²) in [4.78, 5) is 2.34. The zero-order valence-corrected chi connectivity index (χ0v) is 8.65. The molecule has 14 heavy (non-hydrogen) atoms. The SMILES string of the molecule is C=C/C=C(\C=C)CN1CCC(O)CC1. The van der Waals surface area contributed by atoms with Crippen molar-refractivity contribution >= 4 is 0 Å². The first-order valence-corrected chi connectivity index (χ1v) is 5.10. The van der Waals surface area contributed by atoms with E-state index in [1.165, 1.54) is 5.57 Å². The van der Waals surface area contributed by atoms with Gasteiger partial charge in [-0.25, -0.2) is 0 Å². The molecule has 2 nitrogen and oxygen atoms in total. The van der Waals surface area contributed by atoms with Gasteiger partial charge in [-0.05, 0) is 18.4 Å². The Labute approximate surface area is 86.2 Å². The summed E-state index contributed by atoms with van der Waals surface area (Å²) < 4.78 is 0. The van der Waals surface area contributed by atoms with Crippen molar-refractivity contribution in [3.05, 3.63) is 37.0 Å². The Bertz CT molecular complexity index is 224. The molecule has 0 radical (unpaired) electrons. The maximum absolute atomic E-state index is 9.34. The average molecular weight is 193 g/mol. The van der Waals surface area contributed by atoms with Crippen molar-refractivity contribution in [2.75, 3.05) is 19.6 Å². The number of aliphatic hydroxyl groups excluding tert-OH is 1. The second-order valence-corrected chi connectivity index (χ2v) is 3.69. The van der Waals surface area contributed by atoms with Crippen molar-refractivity contribution in [1.82, 2.24) is 4.90 Å². The Balaban J connectivity index is 2.39. The van der Waals surface area contributed by atoms with E-state index in [0.29, 0.717) is 0 Å². The fourth-order valence-corrected chi connectivity index (χ4v) is 1.67. The number of rotatable bonds is 4. The van der Waals surface area contributed by atoms with E-state index in [0.717, 1.165) is 32.5 Å². The lowest BCUT2D eigenvalue weighted by atomic mass is 10.1. The highest BCUT2D eigenvalue weighted by Crippen LogP contribution is 2.11. The summed E-state index contributed by atoms with van der Waals surface area (Å²) >= 11 is 0. The summed E-state index contributed by atoms with van der Waals surface area (Å²) in [5.41, 5.74) is 1.19. The van der Waals surface area contributed by atoms with E-state index in [2.05, 4.69) is 18.1 Å². The third-order valence-corrected chi connectivity index (χ3v) is 2.56. The van der Waals surface area contributed by atoms with Crippen LogP contribution in [-0.4, -0.2) is 35.7 Å². The van der Waals surface area contributed by atoms with Gasteiger partial charge in [0, 0.05) is 19.6 Å². The number of nitrogens with zero attached hydrogens (tertiary/aromatic N) is 1. The van der Waals surface area contributed by atoms with Crippen LogP contribution in [0.15, 0.2) is 37.0 Å². The van der Waals surface area contributed by atoms with Crippen LogP contribution >= 0.6 is 0 Å². The number of aliphatic hydroxyl groups is 1. The Morgan fingerprint density at radius 2 is 2.00 bits per heavy atom. The minimum Gasteiger partial charge on any atom is -0.393 e. The quantitative estimate of drug-likeness (QED) is 0.687. The smallest absolute Gasteiger partial charge is 0.0564 e. The van der Waals surface area contributed by atoms with Crippen LogP contribution in [0.25, 0.3) is 0 Å². The van der Waals surface area contributed by atoms with E-state index in [1.54, 1.807) is 6.08 Å². The first kappa shape index (κ1) is 11.2. The van der Waals surface area contributed by atoms with Crippen LogP contribution < -0.4 is 0 Å². The molecule has 1 fully saturated rings. The highest BCUT2D eigenvalue weighted by molar-refractivity contribution is 5.22. The van der Waals surface area contributed by atoms with Crippen molar-refractivity contribution in [3.63, 3.8) is 0 Å². The minimum atomic E-state index is -0.0955. The molecule has 1 aliphatic heterocycles. The molecule has 0 aromatic carbocycles. The third kappa shape index (κ3) is 3.48. The molecule has 0 aliphatic carbocycles. The molecule has 0 bridgehead atoms. The first-order chi connectivity index (χ1) is 6.76. The molecule has 0 amide bonds. The molecule has 0 atom stereocenters. The maximum atomic E-state index is 9.34. The van der Waals surface area contributed by atoms with Crippen LogP contribution in [0.5, 0.6) is 0 Å². The van der Waals surface area contributed by atoms with Crippen LogP contribution in [0.3, 0.4) is 0 Å². The summed E-state index contributed by atoms with van der Waals surface area (Å²) in [5.74, 6) is 0. The van der Waals surface area contributed by atoms with Gasteiger partial charge in [-0.3, -0.25) is 4.90 Å². The molecular weight excluding hydrogens is 174 g/mol. The summed E-state index contributed by atoms with van der Waals surface area (Å²) in [7, 11) is 0. The summed E-state index contributed by atoms with van der Waals surface area (Å²) in [6.07, 6.45) is 7.32. The topological polar surface area (TPSA) is 23.5 Å². The van der Waals surface area contributed by atoms with Gasteiger partial charge in [-0.15, -0.1) is 0 Å². The van der Waals surface area contributed by atoms with Crippen molar-refractivity contribution in [2.24, 2.45) is 0 Å². The highest BCUT2D eigenvalue weighted by Gasteiger charge is 2.16. The Morgan fingerprint density at radius 1 is 1.36 bits per heavy atom. The molecule has 1 N–H and O–H groups in total. The summed E-state index contributed by atoms with van der Waals surface area (Å²) in [6, 6.07) is 0. The standard InChI is InChI=1S/C12H19NO/c1-3-5-11(4-2)10-13-8-6-12(14)7-9-13/h3-5,12,14H,1-2,6-10H2/b11-5+. The van der Waals surface area contributed by atoms with Crippen molar-refractivity contribution in [1.29, 1.82) is 0 Å². The van der Waals surface area contributed by atoms with E-state index < -0.39 is 0 Å². The second kappa shape index (κ2) is 5.78. The fourth-order valence-electron chi connectivity index (χ4n) is 1.67. The van der Waals surface area contributed by atoms with Crippen molar-refractivity contribution < 1.29 is 5.11 Å². The largest absolute Gasteiger partial charge is 0.393 e. The van der Waals surface area contributed by atoms with E-state index in [1.807, 2.05) is 12.2 Å². The molecule has 2 heteroatoms. The van der Waals surface area contributed by atoms with Crippen LogP contribution in [0.2, 0.25) is 0 Å². The van der Waals surface area contributed by atoms with E-state index in [4.69, 9.17) is 0 Å². The van der Waals surface area contributed by atoms with Crippen LogP contribution in [0.1, 0.15) is 12.8 Å². The van der Waals surface area contributed by atoms with Gasteiger partial charge in [0.25, 0.3) is 0 Å². The van der Waals surface area contributed by atoms with Crippen molar-refractivity contribution in [2.45, 2.75) is 18.9 Å². The van der Waals surface area contributed by atoms with Crippen LogP contribution in [-0.2, 0) is 0 Å². The lowest BCUT2D eigenvalue weighted by molar-refractivity contribution is 0.0872. The third-order valence-electron chi connectivity index (χ3n) is 2.56. The Kier molecular flexibility index (Phi) is 4.63. The van der Waals surface area contributed by atoms with E-state index >= 15 is 0 Å². The molecule has 1 heterocycles. The van der Waals surface area contributed by atoms with Gasteiger partial charge in [0.2, 0.25) is 0 Å². The predicted molar refractivity (Wildman–Crippen MR) is 60.2 cm³/mol. The zero-order chi connectivity index (χ0) is 10.4.